The maximum Gasteiger partial charge on any atom is 0.321 e. The van der Waals surface area contributed by atoms with E-state index in [1.54, 1.807) is 0 Å². The number of nitrogens with one attached hydrogen (secondary N) is 2. The smallest absolute Gasteiger partial charge is 0.321 e. The Balaban J connectivity index is 2.27. The lowest BCUT2D eigenvalue weighted by Crippen LogP contribution is -2.48. The molecule has 0 aliphatic carbocycles. The van der Waals surface area contributed by atoms with Gasteiger partial charge in [0.1, 0.15) is 0 Å². The summed E-state index contributed by atoms with van der Waals surface area (Å²) in [6.07, 6.45) is 2.02. The highest BCUT2D eigenvalue weighted by Crippen LogP contribution is 2.06. The molecule has 1 heterocycles. The van der Waals surface area contributed by atoms with Gasteiger partial charge in [0, 0.05) is 19.6 Å². The Morgan fingerprint density at radius 2 is 2.27 bits per heavy atom. The number of nitrogens with two attached hydrogens (primary N) is 1. The molecule has 0 saturated carbocycles. The summed E-state index contributed by atoms with van der Waals surface area (Å²) in [4.78, 5) is 24.1. The SMILES string of the molecule is CNC(=O)NC(=O)CN1CCCC(N)C1. The standard InChI is InChI=1S/C9H18N4O2/c1-11-9(15)12-8(14)6-13-4-2-3-7(10)5-13/h7H,2-6,10H2,1H3,(H2,11,12,14,15). The number of hydrogen-bond acceptors (Lipinski definition) is 4. The summed E-state index contributed by atoms with van der Waals surface area (Å²) in [7, 11) is 1.47. The Hall–Kier alpha value is -1.14. The molecule has 1 fully saturated rings. The largest absolute Gasteiger partial charge is 0.341 e. The van der Waals surface area contributed by atoms with E-state index in [1.165, 1.54) is 7.05 Å². The van der Waals surface area contributed by atoms with E-state index in [9.17, 15) is 9.59 Å². The van der Waals surface area contributed by atoms with Crippen molar-refractivity contribution in [2.75, 3.05) is 26.7 Å². The van der Waals surface area contributed by atoms with Crippen molar-refractivity contribution in [2.24, 2.45) is 5.73 Å². The summed E-state index contributed by atoms with van der Waals surface area (Å²) in [5.74, 6) is -0.288. The molecule has 1 atom stereocenters. The maximum atomic E-state index is 11.3. The first-order chi connectivity index (χ1) is 7.11. The van der Waals surface area contributed by atoms with Crippen LogP contribution < -0.4 is 16.4 Å². The van der Waals surface area contributed by atoms with Gasteiger partial charge < -0.3 is 11.1 Å². The van der Waals surface area contributed by atoms with Crippen LogP contribution in [0.4, 0.5) is 4.79 Å². The zero-order valence-electron chi connectivity index (χ0n) is 8.95. The second kappa shape index (κ2) is 5.67. The van der Waals surface area contributed by atoms with Crippen LogP contribution in [0.15, 0.2) is 0 Å². The van der Waals surface area contributed by atoms with Gasteiger partial charge in [-0.15, -0.1) is 0 Å². The van der Waals surface area contributed by atoms with E-state index < -0.39 is 6.03 Å². The van der Waals surface area contributed by atoms with Gasteiger partial charge in [0.05, 0.1) is 6.54 Å². The average molecular weight is 214 g/mol. The number of nitrogens with zero attached hydrogens (tertiary/aromatic N) is 1. The van der Waals surface area contributed by atoms with E-state index in [1.807, 2.05) is 4.90 Å². The van der Waals surface area contributed by atoms with E-state index in [-0.39, 0.29) is 18.5 Å². The van der Waals surface area contributed by atoms with Gasteiger partial charge in [0.25, 0.3) is 0 Å². The Morgan fingerprint density at radius 3 is 2.87 bits per heavy atom. The number of rotatable bonds is 2. The van der Waals surface area contributed by atoms with Gasteiger partial charge in [0.2, 0.25) is 5.91 Å². The number of likely N-dealkylation sites (tertiary alicyclic amines) is 1. The van der Waals surface area contributed by atoms with Gasteiger partial charge in [-0.1, -0.05) is 0 Å². The summed E-state index contributed by atoms with van der Waals surface area (Å²) in [5.41, 5.74) is 5.78. The monoisotopic (exact) mass is 214 g/mol. The van der Waals surface area contributed by atoms with E-state index in [0.717, 1.165) is 25.9 Å². The minimum atomic E-state index is -0.471. The van der Waals surface area contributed by atoms with Crippen LogP contribution in [-0.4, -0.2) is 49.6 Å². The molecule has 6 heteroatoms. The fourth-order valence-electron chi connectivity index (χ4n) is 1.67. The Bertz CT molecular complexity index is 244. The third-order valence-electron chi connectivity index (χ3n) is 2.39. The molecule has 0 radical (unpaired) electrons. The third-order valence-corrected chi connectivity index (χ3v) is 2.39. The van der Waals surface area contributed by atoms with Crippen molar-refractivity contribution in [3.05, 3.63) is 0 Å². The number of hydrogen-bond donors (Lipinski definition) is 3. The minimum Gasteiger partial charge on any atom is -0.341 e. The van der Waals surface area contributed by atoms with Crippen LogP contribution in [-0.2, 0) is 4.79 Å². The molecular formula is C9H18N4O2. The number of amides is 3. The van der Waals surface area contributed by atoms with Crippen molar-refractivity contribution in [3.63, 3.8) is 0 Å². The molecule has 0 aromatic heterocycles. The second-order valence-electron chi connectivity index (χ2n) is 3.76. The molecule has 3 amide bonds. The topological polar surface area (TPSA) is 87.5 Å². The van der Waals surface area contributed by atoms with Crippen LogP contribution in [0.5, 0.6) is 0 Å². The summed E-state index contributed by atoms with van der Waals surface area (Å²) in [6.45, 7) is 1.83. The molecule has 4 N–H and O–H groups in total. The molecule has 6 nitrogen and oxygen atoms in total. The first-order valence-corrected chi connectivity index (χ1v) is 5.11. The Labute approximate surface area is 89.2 Å². The van der Waals surface area contributed by atoms with Crippen molar-refractivity contribution in [1.82, 2.24) is 15.5 Å². The molecule has 0 aromatic carbocycles. The lowest BCUT2D eigenvalue weighted by Gasteiger charge is -2.29. The third kappa shape index (κ3) is 4.26. The second-order valence-corrected chi connectivity index (χ2v) is 3.76. The summed E-state index contributed by atoms with van der Waals surface area (Å²) < 4.78 is 0. The van der Waals surface area contributed by atoms with E-state index in [4.69, 9.17) is 5.73 Å². The lowest BCUT2D eigenvalue weighted by atomic mass is 10.1. The summed E-state index contributed by atoms with van der Waals surface area (Å²) in [5, 5.41) is 4.55. The van der Waals surface area contributed by atoms with Crippen LogP contribution in [0.3, 0.4) is 0 Å². The van der Waals surface area contributed by atoms with Crippen LogP contribution in [0.2, 0.25) is 0 Å². The zero-order chi connectivity index (χ0) is 11.3. The normalized spacial score (nSPS) is 22.1. The maximum absolute atomic E-state index is 11.3. The van der Waals surface area contributed by atoms with Crippen molar-refractivity contribution >= 4 is 11.9 Å². The first-order valence-electron chi connectivity index (χ1n) is 5.11. The number of piperidine rings is 1. The summed E-state index contributed by atoms with van der Waals surface area (Å²) in [6, 6.07) is -0.326. The van der Waals surface area contributed by atoms with Crippen LogP contribution in [0.25, 0.3) is 0 Å². The van der Waals surface area contributed by atoms with E-state index in [2.05, 4.69) is 10.6 Å². The van der Waals surface area contributed by atoms with Gasteiger partial charge >= 0.3 is 6.03 Å². The molecule has 1 unspecified atom stereocenters. The van der Waals surface area contributed by atoms with Gasteiger partial charge in [-0.05, 0) is 19.4 Å². The van der Waals surface area contributed by atoms with Crippen molar-refractivity contribution < 1.29 is 9.59 Å². The van der Waals surface area contributed by atoms with Crippen LogP contribution in [0, 0.1) is 0 Å². The van der Waals surface area contributed by atoms with Gasteiger partial charge in [-0.25, -0.2) is 4.79 Å². The Morgan fingerprint density at radius 1 is 1.53 bits per heavy atom. The molecule has 86 valence electrons. The quantitative estimate of drug-likeness (QED) is 0.542. The van der Waals surface area contributed by atoms with Crippen molar-refractivity contribution in [3.8, 4) is 0 Å². The highest BCUT2D eigenvalue weighted by Gasteiger charge is 2.19. The van der Waals surface area contributed by atoms with Gasteiger partial charge in [-0.2, -0.15) is 0 Å². The fraction of sp³-hybridized carbons (Fsp3) is 0.778. The molecular weight excluding hydrogens is 196 g/mol. The highest BCUT2D eigenvalue weighted by molar-refractivity contribution is 5.95. The number of urea groups is 1. The van der Waals surface area contributed by atoms with Crippen molar-refractivity contribution in [2.45, 2.75) is 18.9 Å². The zero-order valence-corrected chi connectivity index (χ0v) is 8.95. The Kier molecular flexibility index (Phi) is 4.51. The highest BCUT2D eigenvalue weighted by atomic mass is 16.2. The molecule has 15 heavy (non-hydrogen) atoms. The molecule has 0 aromatic rings. The van der Waals surface area contributed by atoms with E-state index >= 15 is 0 Å². The number of carbonyl (C=O) groups excluding carboxylic acids is 2. The lowest BCUT2D eigenvalue weighted by molar-refractivity contribution is -0.121. The van der Waals surface area contributed by atoms with Crippen molar-refractivity contribution in [1.29, 1.82) is 0 Å². The first kappa shape index (κ1) is 11.9. The fourth-order valence-corrected chi connectivity index (χ4v) is 1.67. The molecule has 1 aliphatic heterocycles. The van der Waals surface area contributed by atoms with Crippen LogP contribution in [0.1, 0.15) is 12.8 Å². The summed E-state index contributed by atoms with van der Waals surface area (Å²) >= 11 is 0. The molecule has 1 rings (SSSR count). The minimum absolute atomic E-state index is 0.145. The van der Waals surface area contributed by atoms with Gasteiger partial charge in [0.15, 0.2) is 0 Å². The molecule has 0 spiro atoms. The van der Waals surface area contributed by atoms with E-state index in [0.29, 0.717) is 0 Å². The number of carbonyl (C=O) groups is 2. The molecule has 1 saturated heterocycles. The molecule has 1 aliphatic rings. The molecule has 0 bridgehead atoms. The number of imide groups is 1. The van der Waals surface area contributed by atoms with Crippen LogP contribution >= 0.6 is 0 Å². The van der Waals surface area contributed by atoms with Gasteiger partial charge in [-0.3, -0.25) is 15.0 Å². The average Bonchev–Trinajstić information content (AvgIpc) is 2.17. The predicted molar refractivity (Wildman–Crippen MR) is 56.2 cm³/mol. The predicted octanol–water partition coefficient (Wildman–Crippen LogP) is -1.13.